The maximum absolute atomic E-state index is 12.4. The van der Waals surface area contributed by atoms with Crippen LogP contribution in [0, 0.1) is 0 Å². The Kier molecular flexibility index (Phi) is 7.47. The fourth-order valence-electron chi connectivity index (χ4n) is 4.28. The van der Waals surface area contributed by atoms with Gasteiger partial charge < -0.3 is 19.5 Å². The van der Waals surface area contributed by atoms with Gasteiger partial charge in [-0.25, -0.2) is 0 Å². The largest absolute Gasteiger partial charge is 0.493 e. The summed E-state index contributed by atoms with van der Waals surface area (Å²) in [5.74, 6) is 1.40. The summed E-state index contributed by atoms with van der Waals surface area (Å²) >= 11 is 0. The molecule has 8 nitrogen and oxygen atoms in total. The quantitative estimate of drug-likeness (QED) is 0.488. The van der Waals surface area contributed by atoms with E-state index in [9.17, 15) is 4.79 Å². The molecule has 1 aromatic carbocycles. The molecule has 1 aliphatic rings. The highest BCUT2D eigenvalue weighted by Crippen LogP contribution is 2.38. The first kappa shape index (κ1) is 23.4. The van der Waals surface area contributed by atoms with Crippen LogP contribution in [0.3, 0.4) is 0 Å². The second kappa shape index (κ2) is 10.9. The van der Waals surface area contributed by atoms with Gasteiger partial charge in [0.2, 0.25) is 11.7 Å². The molecule has 0 fully saturated rings. The number of nitrogens with zero attached hydrogens (tertiary/aromatic N) is 3. The fourth-order valence-corrected chi connectivity index (χ4v) is 4.28. The molecule has 1 N–H and O–H groups in total. The summed E-state index contributed by atoms with van der Waals surface area (Å²) in [4.78, 5) is 16.9. The number of nitrogens with one attached hydrogen (secondary N) is 1. The Morgan fingerprint density at radius 2 is 1.85 bits per heavy atom. The Balaban J connectivity index is 1.41. The highest BCUT2D eigenvalue weighted by Gasteiger charge is 2.22. The lowest BCUT2D eigenvalue weighted by Gasteiger charge is -2.14. The van der Waals surface area contributed by atoms with Crippen molar-refractivity contribution in [1.82, 2.24) is 20.1 Å². The van der Waals surface area contributed by atoms with Crippen molar-refractivity contribution >= 4 is 12.0 Å². The van der Waals surface area contributed by atoms with Gasteiger partial charge in [0.05, 0.1) is 33.6 Å². The number of carbonyl (C=O) groups excluding carboxylic acids is 1. The molecule has 0 atom stereocenters. The Labute approximate surface area is 199 Å². The van der Waals surface area contributed by atoms with Crippen molar-refractivity contribution in [1.29, 1.82) is 0 Å². The van der Waals surface area contributed by atoms with E-state index >= 15 is 0 Å². The standard InChI is InChI=1S/C26H30N4O4/c1-32-22-16-18(17-23(33-2)26(22)34-3)11-12-24(31)28-14-15-30-21-10-5-4-8-19(21)25(29-30)20-9-6-7-13-27-20/h6-7,9,11-13,16-17H,4-5,8,10,14-15H2,1-3H3,(H,28,31)/b12-11+. The Morgan fingerprint density at radius 1 is 1.09 bits per heavy atom. The summed E-state index contributed by atoms with van der Waals surface area (Å²) in [5.41, 5.74) is 5.18. The molecule has 4 rings (SSSR count). The lowest BCUT2D eigenvalue weighted by Crippen LogP contribution is -2.26. The van der Waals surface area contributed by atoms with E-state index in [2.05, 4.69) is 10.3 Å². The fraction of sp³-hybridized carbons (Fsp3) is 0.346. The van der Waals surface area contributed by atoms with Crippen molar-refractivity contribution in [3.63, 3.8) is 0 Å². The number of fused-ring (bicyclic) bond motifs is 1. The highest BCUT2D eigenvalue weighted by molar-refractivity contribution is 5.91. The minimum Gasteiger partial charge on any atom is -0.493 e. The van der Waals surface area contributed by atoms with Crippen molar-refractivity contribution in [2.24, 2.45) is 0 Å². The number of amides is 1. The van der Waals surface area contributed by atoms with Crippen LogP contribution in [0.1, 0.15) is 29.7 Å². The molecule has 8 heteroatoms. The number of carbonyl (C=O) groups is 1. The average molecular weight is 463 g/mol. The second-order valence-corrected chi connectivity index (χ2v) is 8.00. The monoisotopic (exact) mass is 462 g/mol. The van der Waals surface area contributed by atoms with Gasteiger partial charge in [0, 0.05) is 30.1 Å². The van der Waals surface area contributed by atoms with E-state index in [0.29, 0.717) is 30.3 Å². The number of ether oxygens (including phenoxy) is 3. The number of hydrogen-bond acceptors (Lipinski definition) is 6. The molecule has 3 aromatic rings. The zero-order chi connectivity index (χ0) is 23.9. The number of rotatable bonds is 9. The van der Waals surface area contributed by atoms with Crippen molar-refractivity contribution in [3.8, 4) is 28.6 Å². The molecule has 0 saturated heterocycles. The second-order valence-electron chi connectivity index (χ2n) is 8.00. The molecule has 0 aliphatic heterocycles. The van der Waals surface area contributed by atoms with Gasteiger partial charge in [-0.05, 0) is 61.6 Å². The molecule has 34 heavy (non-hydrogen) atoms. The normalized spacial score (nSPS) is 12.9. The Morgan fingerprint density at radius 3 is 2.53 bits per heavy atom. The van der Waals surface area contributed by atoms with Crippen LogP contribution in [0.25, 0.3) is 17.5 Å². The van der Waals surface area contributed by atoms with E-state index in [1.165, 1.54) is 23.8 Å². The third kappa shape index (κ3) is 5.06. The first-order valence-electron chi connectivity index (χ1n) is 11.4. The third-order valence-electron chi connectivity index (χ3n) is 5.90. The van der Waals surface area contributed by atoms with Gasteiger partial charge >= 0.3 is 0 Å². The van der Waals surface area contributed by atoms with E-state index in [4.69, 9.17) is 19.3 Å². The van der Waals surface area contributed by atoms with Crippen LogP contribution in [0.15, 0.2) is 42.6 Å². The summed E-state index contributed by atoms with van der Waals surface area (Å²) in [6.45, 7) is 1.09. The van der Waals surface area contributed by atoms with Crippen LogP contribution in [0.5, 0.6) is 17.2 Å². The minimum absolute atomic E-state index is 0.181. The van der Waals surface area contributed by atoms with Gasteiger partial charge in [0.25, 0.3) is 0 Å². The SMILES string of the molecule is COc1cc(/C=C/C(=O)NCCn2nc(-c3ccccn3)c3c2CCCC3)cc(OC)c1OC. The summed E-state index contributed by atoms with van der Waals surface area (Å²) < 4.78 is 18.1. The van der Waals surface area contributed by atoms with Crippen LogP contribution in [-0.4, -0.2) is 48.5 Å². The van der Waals surface area contributed by atoms with Crippen molar-refractivity contribution in [2.45, 2.75) is 32.2 Å². The Hall–Kier alpha value is -3.81. The van der Waals surface area contributed by atoms with Gasteiger partial charge in [-0.15, -0.1) is 0 Å². The van der Waals surface area contributed by atoms with Crippen molar-refractivity contribution < 1.29 is 19.0 Å². The molecule has 1 aliphatic carbocycles. The maximum Gasteiger partial charge on any atom is 0.244 e. The first-order valence-corrected chi connectivity index (χ1v) is 11.4. The van der Waals surface area contributed by atoms with Gasteiger partial charge in [-0.3, -0.25) is 14.5 Å². The molecule has 0 bridgehead atoms. The molecule has 1 amide bonds. The van der Waals surface area contributed by atoms with E-state index in [0.717, 1.165) is 36.2 Å². The number of pyridine rings is 1. The predicted molar refractivity (Wildman–Crippen MR) is 130 cm³/mol. The summed E-state index contributed by atoms with van der Waals surface area (Å²) in [6, 6.07) is 9.48. The van der Waals surface area contributed by atoms with E-state index in [-0.39, 0.29) is 5.91 Å². The van der Waals surface area contributed by atoms with Gasteiger partial charge in [0.15, 0.2) is 11.5 Å². The van der Waals surface area contributed by atoms with Gasteiger partial charge in [0.1, 0.15) is 5.69 Å². The topological polar surface area (TPSA) is 87.5 Å². The third-order valence-corrected chi connectivity index (χ3v) is 5.90. The van der Waals surface area contributed by atoms with Gasteiger partial charge in [-0.1, -0.05) is 6.07 Å². The zero-order valence-corrected chi connectivity index (χ0v) is 19.8. The first-order chi connectivity index (χ1) is 16.6. The summed E-state index contributed by atoms with van der Waals surface area (Å²) in [6.07, 6.45) is 9.36. The van der Waals surface area contributed by atoms with Crippen molar-refractivity contribution in [3.05, 3.63) is 59.4 Å². The minimum atomic E-state index is -0.181. The number of methoxy groups -OCH3 is 3. The maximum atomic E-state index is 12.4. The van der Waals surface area contributed by atoms with E-state index in [1.54, 1.807) is 45.7 Å². The average Bonchev–Trinajstić information content (AvgIpc) is 3.26. The molecule has 0 radical (unpaired) electrons. The zero-order valence-electron chi connectivity index (χ0n) is 19.8. The lowest BCUT2D eigenvalue weighted by atomic mass is 9.95. The molecule has 0 spiro atoms. The van der Waals surface area contributed by atoms with Gasteiger partial charge in [-0.2, -0.15) is 5.10 Å². The van der Waals surface area contributed by atoms with Crippen LogP contribution in [-0.2, 0) is 24.2 Å². The summed E-state index contributed by atoms with van der Waals surface area (Å²) in [7, 11) is 4.68. The molecular formula is C26H30N4O4. The number of aromatic nitrogens is 3. The molecule has 2 aromatic heterocycles. The van der Waals surface area contributed by atoms with Crippen LogP contribution in [0.4, 0.5) is 0 Å². The summed E-state index contributed by atoms with van der Waals surface area (Å²) in [5, 5.41) is 7.80. The highest BCUT2D eigenvalue weighted by atomic mass is 16.5. The molecule has 0 unspecified atom stereocenters. The van der Waals surface area contributed by atoms with Crippen LogP contribution in [0.2, 0.25) is 0 Å². The van der Waals surface area contributed by atoms with E-state index in [1.807, 2.05) is 22.9 Å². The molecular weight excluding hydrogens is 432 g/mol. The van der Waals surface area contributed by atoms with Crippen molar-refractivity contribution in [2.75, 3.05) is 27.9 Å². The van der Waals surface area contributed by atoms with Crippen LogP contribution >= 0.6 is 0 Å². The van der Waals surface area contributed by atoms with Crippen LogP contribution < -0.4 is 19.5 Å². The van der Waals surface area contributed by atoms with E-state index < -0.39 is 0 Å². The lowest BCUT2D eigenvalue weighted by molar-refractivity contribution is -0.116. The smallest absolute Gasteiger partial charge is 0.244 e. The Bertz CT molecular complexity index is 1150. The number of benzene rings is 1. The molecule has 178 valence electrons. The molecule has 0 saturated carbocycles. The number of hydrogen-bond donors (Lipinski definition) is 1. The predicted octanol–water partition coefficient (Wildman–Crippen LogP) is 3.68. The molecule has 2 heterocycles.